The summed E-state index contributed by atoms with van der Waals surface area (Å²) in [7, 11) is 0. The molecule has 0 aromatic carbocycles. The van der Waals surface area contributed by atoms with Crippen LogP contribution in [0.15, 0.2) is 11.4 Å². The average Bonchev–Trinajstić information content (AvgIpc) is 2.35. The van der Waals surface area contributed by atoms with Crippen molar-refractivity contribution in [1.82, 2.24) is 0 Å². The molecule has 0 aromatic rings. The number of aliphatic carboxylic acids is 2. The van der Waals surface area contributed by atoms with Crippen LogP contribution in [0.2, 0.25) is 0 Å². The van der Waals surface area contributed by atoms with Gasteiger partial charge in [-0.3, -0.25) is 9.59 Å². The minimum atomic E-state index is -2.71. The first-order valence-corrected chi connectivity index (χ1v) is 9.38. The largest absolute Gasteiger partial charge is 0.481 e. The highest BCUT2D eigenvalue weighted by atomic mass is 32.7. The predicted octanol–water partition coefficient (Wildman–Crippen LogP) is 2.78. The summed E-state index contributed by atoms with van der Waals surface area (Å²) in [6, 6.07) is 0. The fourth-order valence-electron chi connectivity index (χ4n) is 2.16. The van der Waals surface area contributed by atoms with Gasteiger partial charge >= 0.3 is 11.9 Å². The van der Waals surface area contributed by atoms with Crippen LogP contribution in [0.25, 0.3) is 0 Å². The van der Waals surface area contributed by atoms with Crippen LogP contribution in [0, 0.1) is 5.92 Å². The summed E-state index contributed by atoms with van der Waals surface area (Å²) >= 11 is 4.30. The molecule has 0 bridgehead atoms. The van der Waals surface area contributed by atoms with Crippen molar-refractivity contribution in [2.24, 2.45) is 5.92 Å². The van der Waals surface area contributed by atoms with Crippen molar-refractivity contribution in [2.75, 3.05) is 6.16 Å². The molecule has 0 amide bonds. The molecule has 5 nitrogen and oxygen atoms in total. The summed E-state index contributed by atoms with van der Waals surface area (Å²) < 4.78 is 0. The monoisotopic (exact) mass is 307 g/mol. The predicted molar refractivity (Wildman–Crippen MR) is 77.5 cm³/mol. The van der Waals surface area contributed by atoms with E-state index in [1.165, 1.54) is 0 Å². The van der Waals surface area contributed by atoms with Crippen molar-refractivity contribution < 1.29 is 24.7 Å². The van der Waals surface area contributed by atoms with E-state index >= 15 is 0 Å². The van der Waals surface area contributed by atoms with Gasteiger partial charge in [0.1, 0.15) is 11.5 Å². The molecule has 19 heavy (non-hydrogen) atoms. The highest BCUT2D eigenvalue weighted by molar-refractivity contribution is 8.52. The Bertz CT molecular complexity index is 380. The zero-order valence-electron chi connectivity index (χ0n) is 10.7. The molecule has 1 aliphatic carbocycles. The Hall–Kier alpha value is -0.580. The number of rotatable bonds is 7. The van der Waals surface area contributed by atoms with Crippen LogP contribution in [-0.4, -0.2) is 33.2 Å². The molecule has 0 spiro atoms. The minimum Gasteiger partial charge on any atom is -0.481 e. The molecular formula is C12H20O5PS+. The lowest BCUT2D eigenvalue weighted by Crippen LogP contribution is -2.20. The smallest absolute Gasteiger partial charge is 0.310 e. The minimum absolute atomic E-state index is 0.0286. The first-order valence-electron chi connectivity index (χ1n) is 6.30. The van der Waals surface area contributed by atoms with Crippen molar-refractivity contribution >= 4 is 30.9 Å². The Morgan fingerprint density at radius 3 is 2.53 bits per heavy atom. The second kappa shape index (κ2) is 7.27. The molecule has 7 heteroatoms. The van der Waals surface area contributed by atoms with Crippen molar-refractivity contribution in [3.05, 3.63) is 11.4 Å². The molecular weight excluding hydrogens is 287 g/mol. The van der Waals surface area contributed by atoms with E-state index in [0.717, 1.165) is 31.0 Å². The second-order valence-electron chi connectivity index (χ2n) is 4.82. The van der Waals surface area contributed by atoms with Crippen LogP contribution in [0.3, 0.4) is 0 Å². The van der Waals surface area contributed by atoms with Crippen LogP contribution in [0.4, 0.5) is 0 Å². The van der Waals surface area contributed by atoms with Gasteiger partial charge in [0.25, 0.3) is 0 Å². The van der Waals surface area contributed by atoms with E-state index < -0.39 is 24.5 Å². The summed E-state index contributed by atoms with van der Waals surface area (Å²) in [5.74, 6) is -2.94. The summed E-state index contributed by atoms with van der Waals surface area (Å²) in [6.07, 6.45) is 5.56. The summed E-state index contributed by atoms with van der Waals surface area (Å²) in [5, 5.41) is 18.6. The van der Waals surface area contributed by atoms with Gasteiger partial charge in [-0.1, -0.05) is 0 Å². The Morgan fingerprint density at radius 2 is 2.05 bits per heavy atom. The molecule has 0 radical (unpaired) electrons. The van der Waals surface area contributed by atoms with Gasteiger partial charge in [0.15, 0.2) is 0 Å². The van der Waals surface area contributed by atoms with Gasteiger partial charge in [-0.05, 0) is 31.8 Å². The molecule has 1 rings (SSSR count). The van der Waals surface area contributed by atoms with Crippen molar-refractivity contribution in [1.29, 1.82) is 0 Å². The van der Waals surface area contributed by atoms with E-state index in [4.69, 9.17) is 10.2 Å². The third kappa shape index (κ3) is 5.51. The quantitative estimate of drug-likeness (QED) is 0.428. The number of thiol groups is 1. The fraction of sp³-hybridized carbons (Fsp3) is 0.667. The van der Waals surface area contributed by atoms with Gasteiger partial charge in [0, 0.05) is 25.1 Å². The molecule has 0 heterocycles. The average molecular weight is 307 g/mol. The second-order valence-corrected chi connectivity index (χ2v) is 9.21. The first-order chi connectivity index (χ1) is 8.83. The molecule has 1 aliphatic rings. The molecule has 0 fully saturated rings. The van der Waals surface area contributed by atoms with Crippen LogP contribution >= 0.6 is 18.9 Å². The molecule has 2 unspecified atom stereocenters. The van der Waals surface area contributed by atoms with E-state index in [0.29, 0.717) is 0 Å². The third-order valence-corrected chi connectivity index (χ3v) is 6.79. The molecule has 3 N–H and O–H groups in total. The van der Waals surface area contributed by atoms with Crippen LogP contribution in [-0.2, 0) is 9.59 Å². The van der Waals surface area contributed by atoms with Gasteiger partial charge in [-0.25, -0.2) is 4.89 Å². The summed E-state index contributed by atoms with van der Waals surface area (Å²) in [5.41, 5.74) is 0. The van der Waals surface area contributed by atoms with E-state index in [-0.39, 0.29) is 19.0 Å². The van der Waals surface area contributed by atoms with Crippen LogP contribution in [0.1, 0.15) is 38.5 Å². The van der Waals surface area contributed by atoms with Gasteiger partial charge in [0.2, 0.25) is 6.69 Å². The van der Waals surface area contributed by atoms with Crippen LogP contribution in [0.5, 0.6) is 0 Å². The maximum Gasteiger partial charge on any atom is 0.310 e. The lowest BCUT2D eigenvalue weighted by atomic mass is 10.1. The van der Waals surface area contributed by atoms with Gasteiger partial charge in [-0.15, -0.1) is 0 Å². The zero-order chi connectivity index (χ0) is 14.5. The summed E-state index contributed by atoms with van der Waals surface area (Å²) in [6.45, 7) is -2.71. The Kier molecular flexibility index (Phi) is 6.30. The topological polar surface area (TPSA) is 94.8 Å². The number of carboxylic acids is 2. The van der Waals surface area contributed by atoms with Crippen LogP contribution < -0.4 is 0 Å². The maximum absolute atomic E-state index is 11.1. The van der Waals surface area contributed by atoms with Crippen molar-refractivity contribution in [3.63, 3.8) is 0 Å². The van der Waals surface area contributed by atoms with E-state index in [1.807, 2.05) is 6.08 Å². The van der Waals surface area contributed by atoms with E-state index in [1.54, 1.807) is 0 Å². The first kappa shape index (κ1) is 16.5. The maximum atomic E-state index is 11.1. The van der Waals surface area contributed by atoms with Crippen molar-refractivity contribution in [2.45, 2.75) is 38.5 Å². The van der Waals surface area contributed by atoms with E-state index in [2.05, 4.69) is 12.2 Å². The SMILES string of the molecule is O=C(O)CCC(C[P+](O)(S)C1=CCCCC1)C(=O)O. The Balaban J connectivity index is 2.68. The van der Waals surface area contributed by atoms with Gasteiger partial charge in [0.05, 0.1) is 5.92 Å². The molecule has 0 saturated carbocycles. The Morgan fingerprint density at radius 1 is 1.37 bits per heavy atom. The van der Waals surface area contributed by atoms with Gasteiger partial charge in [-0.2, -0.15) is 0 Å². The Labute approximate surface area is 118 Å². The molecule has 108 valence electrons. The third-order valence-electron chi connectivity index (χ3n) is 3.26. The van der Waals surface area contributed by atoms with Gasteiger partial charge < -0.3 is 10.2 Å². The number of allylic oxidation sites excluding steroid dienone is 2. The highest BCUT2D eigenvalue weighted by Gasteiger charge is 2.42. The lowest BCUT2D eigenvalue weighted by molar-refractivity contribution is -0.142. The fourth-order valence-corrected chi connectivity index (χ4v) is 5.42. The molecule has 2 atom stereocenters. The molecule has 0 aliphatic heterocycles. The van der Waals surface area contributed by atoms with E-state index in [9.17, 15) is 14.5 Å². The normalized spacial score (nSPS) is 20.2. The molecule has 0 saturated heterocycles. The number of carboxylic acid groups (broad SMARTS) is 2. The molecule has 0 aromatic heterocycles. The highest BCUT2D eigenvalue weighted by Crippen LogP contribution is 2.69. The lowest BCUT2D eigenvalue weighted by Gasteiger charge is -2.22. The number of carbonyl (C=O) groups is 2. The summed E-state index contributed by atoms with van der Waals surface area (Å²) in [4.78, 5) is 32.1. The van der Waals surface area contributed by atoms with Crippen molar-refractivity contribution in [3.8, 4) is 0 Å². The zero-order valence-corrected chi connectivity index (χ0v) is 12.4. The number of hydrogen-bond acceptors (Lipinski definition) is 4. The number of hydrogen-bond donors (Lipinski definition) is 4. The standard InChI is InChI=1S/C12H19O5PS/c13-11(14)7-6-9(12(15)16)8-18(17,19)10-4-2-1-3-5-10/h4,9,17,19H,1-3,5-8H2,(H-,13,14,15,16)/p+1.